The van der Waals surface area contributed by atoms with Crippen molar-refractivity contribution in [2.45, 2.75) is 0 Å². The van der Waals surface area contributed by atoms with Crippen LogP contribution in [0, 0.1) is 0 Å². The Morgan fingerprint density at radius 2 is 1.37 bits per heavy atom. The molecule has 3 heteroatoms. The van der Waals surface area contributed by atoms with Gasteiger partial charge in [0.1, 0.15) is 0 Å². The molecule has 0 unspecified atom stereocenters. The van der Waals surface area contributed by atoms with E-state index in [0.717, 1.165) is 16.8 Å². The lowest BCUT2D eigenvalue weighted by atomic mass is 9.95. The van der Waals surface area contributed by atoms with Gasteiger partial charge in [0.15, 0.2) is 0 Å². The SMILES string of the molecule is [Cl-].c1ccc(-c2cc(-c3ccncc3)nc3ccc4ccccc4c23)cc1. The molecule has 5 aromatic rings. The van der Waals surface area contributed by atoms with E-state index in [1.807, 2.05) is 24.5 Å². The fourth-order valence-corrected chi connectivity index (χ4v) is 3.52. The Labute approximate surface area is 164 Å². The molecular formula is C24H16ClN2-. The summed E-state index contributed by atoms with van der Waals surface area (Å²) in [7, 11) is 0. The van der Waals surface area contributed by atoms with E-state index in [9.17, 15) is 0 Å². The fraction of sp³-hybridized carbons (Fsp3) is 0. The lowest BCUT2D eigenvalue weighted by Crippen LogP contribution is -3.00. The summed E-state index contributed by atoms with van der Waals surface area (Å²) >= 11 is 0. The van der Waals surface area contributed by atoms with Crippen molar-refractivity contribution >= 4 is 21.7 Å². The molecule has 0 radical (unpaired) electrons. The van der Waals surface area contributed by atoms with Gasteiger partial charge in [-0.15, -0.1) is 0 Å². The molecule has 0 aliphatic carbocycles. The minimum absolute atomic E-state index is 0. The topological polar surface area (TPSA) is 25.8 Å². The minimum Gasteiger partial charge on any atom is -1.00 e. The highest BCUT2D eigenvalue weighted by molar-refractivity contribution is 6.13. The summed E-state index contributed by atoms with van der Waals surface area (Å²) in [6.07, 6.45) is 3.62. The number of pyridine rings is 2. The largest absolute Gasteiger partial charge is 1.00 e. The molecule has 5 rings (SSSR count). The van der Waals surface area contributed by atoms with Gasteiger partial charge in [-0.3, -0.25) is 4.98 Å². The molecule has 2 aromatic heterocycles. The standard InChI is InChI=1S/C24H16N2.ClH/c1-2-6-17(7-3-1)21-16-23(19-12-14-25-15-13-19)26-22-11-10-18-8-4-5-9-20(18)24(21)22;/h1-16H;1H/p-1. The van der Waals surface area contributed by atoms with Crippen molar-refractivity contribution in [3.8, 4) is 22.4 Å². The summed E-state index contributed by atoms with van der Waals surface area (Å²) in [6, 6.07) is 29.5. The normalized spacial score (nSPS) is 10.7. The van der Waals surface area contributed by atoms with Gasteiger partial charge in [-0.05, 0) is 46.2 Å². The summed E-state index contributed by atoms with van der Waals surface area (Å²) in [5, 5.41) is 3.67. The number of halogens is 1. The lowest BCUT2D eigenvalue weighted by Gasteiger charge is -2.13. The summed E-state index contributed by atoms with van der Waals surface area (Å²) in [6.45, 7) is 0. The maximum absolute atomic E-state index is 4.95. The Kier molecular flexibility index (Phi) is 4.57. The first-order valence-electron chi connectivity index (χ1n) is 8.68. The second-order valence-electron chi connectivity index (χ2n) is 6.34. The zero-order valence-corrected chi connectivity index (χ0v) is 15.3. The van der Waals surface area contributed by atoms with E-state index in [1.165, 1.54) is 27.3 Å². The van der Waals surface area contributed by atoms with E-state index in [4.69, 9.17) is 4.98 Å². The molecule has 0 spiro atoms. The van der Waals surface area contributed by atoms with Crippen molar-refractivity contribution in [2.75, 3.05) is 0 Å². The molecule has 0 bridgehead atoms. The smallest absolute Gasteiger partial charge is 0.0722 e. The number of hydrogen-bond donors (Lipinski definition) is 0. The van der Waals surface area contributed by atoms with Crippen LogP contribution < -0.4 is 12.4 Å². The van der Waals surface area contributed by atoms with Crippen LogP contribution in [0.3, 0.4) is 0 Å². The zero-order chi connectivity index (χ0) is 17.3. The number of rotatable bonds is 2. The molecule has 0 saturated heterocycles. The van der Waals surface area contributed by atoms with Gasteiger partial charge in [0.2, 0.25) is 0 Å². The predicted octanol–water partition coefficient (Wildman–Crippen LogP) is 3.12. The van der Waals surface area contributed by atoms with Crippen LogP contribution >= 0.6 is 0 Å². The van der Waals surface area contributed by atoms with Crippen molar-refractivity contribution < 1.29 is 12.4 Å². The maximum Gasteiger partial charge on any atom is 0.0722 e. The molecule has 2 nitrogen and oxygen atoms in total. The van der Waals surface area contributed by atoms with Crippen LogP contribution in [0.25, 0.3) is 44.1 Å². The van der Waals surface area contributed by atoms with E-state index in [0.29, 0.717) is 0 Å². The molecular weight excluding hydrogens is 352 g/mol. The molecule has 27 heavy (non-hydrogen) atoms. The lowest BCUT2D eigenvalue weighted by molar-refractivity contribution is -0.00000502. The highest BCUT2D eigenvalue weighted by Crippen LogP contribution is 2.36. The molecule has 130 valence electrons. The third kappa shape index (κ3) is 3.05. The summed E-state index contributed by atoms with van der Waals surface area (Å²) in [5.74, 6) is 0. The minimum atomic E-state index is 0. The Bertz CT molecular complexity index is 1220. The van der Waals surface area contributed by atoms with Gasteiger partial charge < -0.3 is 12.4 Å². The molecule has 0 aliphatic heterocycles. The molecule has 0 N–H and O–H groups in total. The Balaban J connectivity index is 0.00000180. The van der Waals surface area contributed by atoms with Crippen LogP contribution in [0.15, 0.2) is 97.3 Å². The van der Waals surface area contributed by atoms with Gasteiger partial charge in [0.05, 0.1) is 11.2 Å². The first kappa shape index (κ1) is 17.2. The average molecular weight is 368 g/mol. The average Bonchev–Trinajstić information content (AvgIpc) is 2.74. The highest BCUT2D eigenvalue weighted by Gasteiger charge is 2.12. The van der Waals surface area contributed by atoms with Gasteiger partial charge >= 0.3 is 0 Å². The van der Waals surface area contributed by atoms with Crippen molar-refractivity contribution in [1.29, 1.82) is 0 Å². The quantitative estimate of drug-likeness (QED) is 0.448. The number of hydrogen-bond acceptors (Lipinski definition) is 2. The van der Waals surface area contributed by atoms with Crippen molar-refractivity contribution in [3.05, 3.63) is 97.3 Å². The Morgan fingerprint density at radius 1 is 0.630 bits per heavy atom. The van der Waals surface area contributed by atoms with Crippen LogP contribution in [0.1, 0.15) is 0 Å². The molecule has 3 aromatic carbocycles. The van der Waals surface area contributed by atoms with E-state index >= 15 is 0 Å². The predicted molar refractivity (Wildman–Crippen MR) is 108 cm³/mol. The van der Waals surface area contributed by atoms with E-state index in [1.54, 1.807) is 0 Å². The molecule has 0 atom stereocenters. The van der Waals surface area contributed by atoms with Crippen LogP contribution in [0.2, 0.25) is 0 Å². The van der Waals surface area contributed by atoms with Crippen LogP contribution in [-0.4, -0.2) is 9.97 Å². The van der Waals surface area contributed by atoms with Gasteiger partial charge in [-0.1, -0.05) is 60.7 Å². The van der Waals surface area contributed by atoms with Gasteiger partial charge in [-0.25, -0.2) is 4.98 Å². The number of benzene rings is 3. The number of aromatic nitrogens is 2. The monoisotopic (exact) mass is 367 g/mol. The Hall–Kier alpha value is -3.23. The van der Waals surface area contributed by atoms with Crippen molar-refractivity contribution in [3.63, 3.8) is 0 Å². The van der Waals surface area contributed by atoms with Crippen LogP contribution in [0.4, 0.5) is 0 Å². The summed E-state index contributed by atoms with van der Waals surface area (Å²) < 4.78 is 0. The number of nitrogens with zero attached hydrogens (tertiary/aromatic N) is 2. The first-order chi connectivity index (χ1) is 12.9. The first-order valence-corrected chi connectivity index (χ1v) is 8.68. The molecule has 0 saturated carbocycles. The molecule has 0 aliphatic rings. The zero-order valence-electron chi connectivity index (χ0n) is 14.5. The van der Waals surface area contributed by atoms with E-state index in [2.05, 4.69) is 77.8 Å². The van der Waals surface area contributed by atoms with E-state index < -0.39 is 0 Å². The second kappa shape index (κ2) is 7.18. The van der Waals surface area contributed by atoms with Crippen LogP contribution in [-0.2, 0) is 0 Å². The highest BCUT2D eigenvalue weighted by atomic mass is 35.5. The van der Waals surface area contributed by atoms with E-state index in [-0.39, 0.29) is 12.4 Å². The fourth-order valence-electron chi connectivity index (χ4n) is 3.52. The van der Waals surface area contributed by atoms with Crippen LogP contribution in [0.5, 0.6) is 0 Å². The molecule has 2 heterocycles. The number of fused-ring (bicyclic) bond motifs is 3. The van der Waals surface area contributed by atoms with Gasteiger partial charge in [0.25, 0.3) is 0 Å². The van der Waals surface area contributed by atoms with Gasteiger partial charge in [0, 0.05) is 23.3 Å². The maximum atomic E-state index is 4.95. The second-order valence-corrected chi connectivity index (χ2v) is 6.34. The molecule has 0 fully saturated rings. The third-order valence-corrected chi connectivity index (χ3v) is 4.76. The summed E-state index contributed by atoms with van der Waals surface area (Å²) in [5.41, 5.74) is 5.46. The van der Waals surface area contributed by atoms with Gasteiger partial charge in [-0.2, -0.15) is 0 Å². The van der Waals surface area contributed by atoms with Crippen molar-refractivity contribution in [1.82, 2.24) is 9.97 Å². The Morgan fingerprint density at radius 3 is 2.19 bits per heavy atom. The molecule has 0 amide bonds. The third-order valence-electron chi connectivity index (χ3n) is 4.76. The summed E-state index contributed by atoms with van der Waals surface area (Å²) in [4.78, 5) is 9.08. The van der Waals surface area contributed by atoms with Crippen molar-refractivity contribution in [2.24, 2.45) is 0 Å².